The number of nitriles is 1. The summed E-state index contributed by atoms with van der Waals surface area (Å²) >= 11 is 0. The molecule has 0 fully saturated rings. The van der Waals surface area contributed by atoms with Gasteiger partial charge in [0, 0.05) is 32.9 Å². The Bertz CT molecular complexity index is 3270. The normalized spacial score (nSPS) is 13.1. The highest BCUT2D eigenvalue weighted by molar-refractivity contribution is 6.23. The molecule has 2 aromatic heterocycles. The minimum absolute atomic E-state index is 0.331. The minimum Gasteiger partial charge on any atom is -0.308 e. The van der Waals surface area contributed by atoms with Crippen molar-refractivity contribution < 1.29 is 0 Å². The van der Waals surface area contributed by atoms with Gasteiger partial charge < -0.3 is 4.57 Å². The summed E-state index contributed by atoms with van der Waals surface area (Å²) in [4.78, 5) is 11.0. The van der Waals surface area contributed by atoms with E-state index in [0.29, 0.717) is 5.56 Å². The first-order valence-corrected chi connectivity index (χ1v) is 18.4. The molecule has 0 saturated carbocycles. The van der Waals surface area contributed by atoms with Crippen LogP contribution >= 0.6 is 0 Å². The van der Waals surface area contributed by atoms with Crippen LogP contribution in [0, 0.1) is 11.3 Å². The van der Waals surface area contributed by atoms with E-state index in [1.165, 1.54) is 37.9 Å². The van der Waals surface area contributed by atoms with E-state index in [2.05, 4.69) is 176 Å². The smallest absolute Gasteiger partial charge is 0.101 e. The average molecular weight is 689 g/mol. The predicted molar refractivity (Wildman–Crippen MR) is 222 cm³/mol. The van der Waals surface area contributed by atoms with Crippen LogP contribution in [0.4, 0.5) is 0 Å². The highest BCUT2D eigenvalue weighted by atomic mass is 15.0. The lowest BCUT2D eigenvalue weighted by Gasteiger charge is -2.21. The van der Waals surface area contributed by atoms with Crippen LogP contribution in [0.1, 0.15) is 30.7 Å². The second-order valence-electron chi connectivity index (χ2n) is 14.9. The highest BCUT2D eigenvalue weighted by Gasteiger charge is 2.39. The summed E-state index contributed by atoms with van der Waals surface area (Å²) < 4.78 is 2.27. The summed E-state index contributed by atoms with van der Waals surface area (Å²) in [6, 6.07) is 58.2. The van der Waals surface area contributed by atoms with Gasteiger partial charge >= 0.3 is 0 Å². The Balaban J connectivity index is 1.18. The van der Waals surface area contributed by atoms with Gasteiger partial charge in [-0.25, -0.2) is 9.97 Å². The third kappa shape index (κ3) is 4.30. The monoisotopic (exact) mass is 688 g/mol. The van der Waals surface area contributed by atoms with Crippen LogP contribution in [0.5, 0.6) is 0 Å². The first kappa shape index (κ1) is 30.5. The molecule has 0 saturated heterocycles. The van der Waals surface area contributed by atoms with Gasteiger partial charge in [0.15, 0.2) is 0 Å². The number of rotatable bonds is 3. The maximum atomic E-state index is 10.9. The molecule has 4 nitrogen and oxygen atoms in total. The lowest BCUT2D eigenvalue weighted by molar-refractivity contribution is 0.636. The fourth-order valence-electron chi connectivity index (χ4n) is 8.86. The molecule has 0 amide bonds. The molecule has 0 spiro atoms. The van der Waals surface area contributed by atoms with Crippen molar-refractivity contribution in [2.24, 2.45) is 0 Å². The van der Waals surface area contributed by atoms with Gasteiger partial charge in [0.1, 0.15) is 6.07 Å². The summed E-state index contributed by atoms with van der Waals surface area (Å²) in [5.74, 6) is 0. The predicted octanol–water partition coefficient (Wildman–Crippen LogP) is 12.5. The molecule has 8 aromatic carbocycles. The van der Waals surface area contributed by atoms with Gasteiger partial charge in [-0.15, -0.1) is 0 Å². The molecule has 0 aliphatic heterocycles. The number of hydrogen-bond acceptors (Lipinski definition) is 3. The Hall–Kier alpha value is -7.09. The molecule has 54 heavy (non-hydrogen) atoms. The van der Waals surface area contributed by atoms with Crippen molar-refractivity contribution >= 4 is 54.1 Å². The van der Waals surface area contributed by atoms with E-state index >= 15 is 0 Å². The van der Waals surface area contributed by atoms with Crippen LogP contribution in [-0.2, 0) is 5.41 Å². The van der Waals surface area contributed by atoms with E-state index in [4.69, 9.17) is 9.97 Å². The van der Waals surface area contributed by atoms with Gasteiger partial charge in [-0.3, -0.25) is 0 Å². The summed E-state index contributed by atoms with van der Waals surface area (Å²) in [7, 11) is 0. The van der Waals surface area contributed by atoms with E-state index in [9.17, 15) is 5.26 Å². The van der Waals surface area contributed by atoms with E-state index < -0.39 is 0 Å². The summed E-state index contributed by atoms with van der Waals surface area (Å²) in [5.41, 5.74) is 10.9. The van der Waals surface area contributed by atoms with Gasteiger partial charge in [-0.05, 0) is 74.3 Å². The molecule has 0 N–H and O–H groups in total. The summed E-state index contributed by atoms with van der Waals surface area (Å²) in [6.07, 6.45) is 0. The highest BCUT2D eigenvalue weighted by Crippen LogP contribution is 2.49. The van der Waals surface area contributed by atoms with Crippen molar-refractivity contribution in [1.29, 1.82) is 5.26 Å². The Morgan fingerprint density at radius 1 is 0.519 bits per heavy atom. The SMILES string of the molecule is CC1(C)c2ccccc2-c2nc(-c3ccc4ccccc4c3)c(-c3ccc(-n4c5cc6ccccc6cc5c5c6ccccc6ccc54)c(C#N)c3)nc21. The standard InChI is InChI=1S/C50H32N4/c1-50(2)41-18-10-9-17-39(41)48-49(50)53-47(46(52-48)35-20-19-30-11-3-4-13-32(30)25-35)36-22-23-42(37(26-36)29-51)54-43-24-21-31-12-7-8-16-38(31)45(43)40-27-33-14-5-6-15-34(33)28-44(40)54/h3-28H,1-2H3. The number of benzene rings is 8. The van der Waals surface area contributed by atoms with E-state index in [-0.39, 0.29) is 5.41 Å². The molecule has 1 aliphatic rings. The van der Waals surface area contributed by atoms with Gasteiger partial charge in [-0.1, -0.05) is 135 Å². The maximum Gasteiger partial charge on any atom is 0.101 e. The maximum absolute atomic E-state index is 10.9. The molecule has 4 heteroatoms. The molecular formula is C50H32N4. The first-order valence-electron chi connectivity index (χ1n) is 18.4. The molecule has 0 atom stereocenters. The van der Waals surface area contributed by atoms with Gasteiger partial charge in [0.2, 0.25) is 0 Å². The average Bonchev–Trinajstić information content (AvgIpc) is 3.66. The minimum atomic E-state index is -0.331. The van der Waals surface area contributed by atoms with Crippen molar-refractivity contribution in [1.82, 2.24) is 14.5 Å². The van der Waals surface area contributed by atoms with E-state index in [1.54, 1.807) is 0 Å². The quantitative estimate of drug-likeness (QED) is 0.186. The van der Waals surface area contributed by atoms with Crippen molar-refractivity contribution in [3.05, 3.63) is 175 Å². The van der Waals surface area contributed by atoms with Crippen LogP contribution in [-0.4, -0.2) is 14.5 Å². The van der Waals surface area contributed by atoms with E-state index in [1.807, 2.05) is 6.07 Å². The van der Waals surface area contributed by atoms with Crippen LogP contribution in [0.15, 0.2) is 158 Å². The van der Waals surface area contributed by atoms with Crippen LogP contribution in [0.25, 0.3) is 93.6 Å². The van der Waals surface area contributed by atoms with Gasteiger partial charge in [0.25, 0.3) is 0 Å². The van der Waals surface area contributed by atoms with Crippen LogP contribution < -0.4 is 0 Å². The zero-order valence-corrected chi connectivity index (χ0v) is 29.8. The zero-order valence-electron chi connectivity index (χ0n) is 29.8. The van der Waals surface area contributed by atoms with E-state index in [0.717, 1.165) is 67.0 Å². The largest absolute Gasteiger partial charge is 0.308 e. The molecule has 1 aliphatic carbocycles. The van der Waals surface area contributed by atoms with Crippen molar-refractivity contribution in [2.75, 3.05) is 0 Å². The topological polar surface area (TPSA) is 54.5 Å². The zero-order chi connectivity index (χ0) is 36.1. The second-order valence-corrected chi connectivity index (χ2v) is 14.9. The molecule has 0 bridgehead atoms. The number of hydrogen-bond donors (Lipinski definition) is 0. The Morgan fingerprint density at radius 3 is 1.96 bits per heavy atom. The van der Waals surface area contributed by atoms with Crippen LogP contribution in [0.3, 0.4) is 0 Å². The Kier molecular flexibility index (Phi) is 6.33. The summed E-state index contributed by atoms with van der Waals surface area (Å²) in [6.45, 7) is 4.45. The molecule has 2 heterocycles. The van der Waals surface area contributed by atoms with Gasteiger partial charge in [-0.2, -0.15) is 5.26 Å². The number of nitrogens with zero attached hydrogens (tertiary/aromatic N) is 4. The van der Waals surface area contributed by atoms with Gasteiger partial charge in [0.05, 0.1) is 45.1 Å². The molecule has 0 unspecified atom stereocenters. The molecule has 0 radical (unpaired) electrons. The van der Waals surface area contributed by atoms with Crippen molar-refractivity contribution in [3.8, 4) is 45.5 Å². The molecule has 252 valence electrons. The fourth-order valence-corrected chi connectivity index (χ4v) is 8.86. The number of fused-ring (bicyclic) bond motifs is 10. The summed E-state index contributed by atoms with van der Waals surface area (Å²) in [5, 5.41) is 20.3. The lowest BCUT2D eigenvalue weighted by atomic mass is 9.85. The van der Waals surface area contributed by atoms with Crippen molar-refractivity contribution in [2.45, 2.75) is 19.3 Å². The first-order chi connectivity index (χ1) is 26.5. The Labute approximate surface area is 312 Å². The Morgan fingerprint density at radius 2 is 1.15 bits per heavy atom. The van der Waals surface area contributed by atoms with Crippen LogP contribution in [0.2, 0.25) is 0 Å². The molecule has 11 rings (SSSR count). The lowest BCUT2D eigenvalue weighted by Crippen LogP contribution is -2.17. The number of aromatic nitrogens is 3. The second kappa shape index (κ2) is 11.2. The van der Waals surface area contributed by atoms with Crippen molar-refractivity contribution in [3.63, 3.8) is 0 Å². The third-order valence-corrected chi connectivity index (χ3v) is 11.5. The third-order valence-electron chi connectivity index (χ3n) is 11.5. The molecular weight excluding hydrogens is 657 g/mol. The molecule has 10 aromatic rings. The fraction of sp³-hybridized carbons (Fsp3) is 0.0600.